The Hall–Kier alpha value is -0.683. The van der Waals surface area contributed by atoms with Crippen molar-refractivity contribution in [1.29, 1.82) is 0 Å². The maximum absolute atomic E-state index is 5.50. The van der Waals surface area contributed by atoms with Crippen LogP contribution in [-0.4, -0.2) is 30.1 Å². The van der Waals surface area contributed by atoms with Crippen LogP contribution in [0.5, 0.6) is 0 Å². The third kappa shape index (κ3) is 2.96. The third-order valence-corrected chi connectivity index (χ3v) is 6.37. The van der Waals surface area contributed by atoms with E-state index in [1.165, 1.54) is 11.1 Å². The van der Waals surface area contributed by atoms with E-state index >= 15 is 0 Å². The monoisotopic (exact) mass is 254 g/mol. The number of rotatable bonds is 6. The first-order valence-electron chi connectivity index (χ1n) is 5.87. The fraction of sp³-hybridized carbons (Fsp3) is 0.538. The minimum Gasteiger partial charge on any atom is -0.376 e. The van der Waals surface area contributed by atoms with Crippen molar-refractivity contribution < 1.29 is 13.3 Å². The number of hydrogen-bond acceptors (Lipinski definition) is 3. The molecule has 0 heterocycles. The Morgan fingerprint density at radius 2 is 1.47 bits per heavy atom. The van der Waals surface area contributed by atoms with E-state index in [4.69, 9.17) is 13.3 Å². The third-order valence-electron chi connectivity index (χ3n) is 3.27. The van der Waals surface area contributed by atoms with Gasteiger partial charge in [-0.1, -0.05) is 38.1 Å². The van der Waals surface area contributed by atoms with E-state index in [1.807, 2.05) is 0 Å². The van der Waals surface area contributed by atoms with Crippen molar-refractivity contribution in [2.24, 2.45) is 0 Å². The molecule has 1 unspecified atom stereocenters. The van der Waals surface area contributed by atoms with Crippen molar-refractivity contribution in [2.75, 3.05) is 21.3 Å². The maximum Gasteiger partial charge on any atom is 0.507 e. The first kappa shape index (κ1) is 14.4. The van der Waals surface area contributed by atoms with E-state index < -0.39 is 8.80 Å². The summed E-state index contributed by atoms with van der Waals surface area (Å²) >= 11 is 0. The number of aryl methyl sites for hydroxylation is 1. The topological polar surface area (TPSA) is 27.7 Å². The summed E-state index contributed by atoms with van der Waals surface area (Å²) < 4.78 is 16.5. The molecule has 0 aliphatic heterocycles. The molecule has 17 heavy (non-hydrogen) atoms. The molecule has 0 N–H and O–H groups in total. The first-order valence-corrected chi connectivity index (χ1v) is 7.68. The van der Waals surface area contributed by atoms with Crippen molar-refractivity contribution in [1.82, 2.24) is 0 Å². The molecule has 1 aromatic rings. The molecule has 0 aliphatic carbocycles. The zero-order valence-electron chi connectivity index (χ0n) is 11.3. The molecule has 0 aromatic heterocycles. The van der Waals surface area contributed by atoms with Crippen molar-refractivity contribution in [3.05, 3.63) is 35.4 Å². The molecule has 0 radical (unpaired) electrons. The predicted octanol–water partition coefficient (Wildman–Crippen LogP) is 2.77. The van der Waals surface area contributed by atoms with E-state index in [1.54, 1.807) is 21.3 Å². The van der Waals surface area contributed by atoms with Gasteiger partial charge in [0.2, 0.25) is 0 Å². The maximum atomic E-state index is 5.50. The van der Waals surface area contributed by atoms with Gasteiger partial charge in [-0.25, -0.2) is 0 Å². The summed E-state index contributed by atoms with van der Waals surface area (Å²) in [5.41, 5.74) is 2.66. The van der Waals surface area contributed by atoms with E-state index in [-0.39, 0.29) is 5.54 Å². The second-order valence-corrected chi connectivity index (χ2v) is 7.33. The lowest BCUT2D eigenvalue weighted by molar-refractivity contribution is 0.114. The van der Waals surface area contributed by atoms with Gasteiger partial charge in [-0.05, 0) is 17.5 Å². The van der Waals surface area contributed by atoms with Gasteiger partial charge in [-0.2, -0.15) is 0 Å². The van der Waals surface area contributed by atoms with Gasteiger partial charge in [0.1, 0.15) is 0 Å². The molecule has 0 spiro atoms. The normalized spacial score (nSPS) is 13.7. The lowest BCUT2D eigenvalue weighted by Crippen LogP contribution is -2.48. The predicted molar refractivity (Wildman–Crippen MR) is 71.0 cm³/mol. The average Bonchev–Trinajstić information content (AvgIpc) is 2.41. The summed E-state index contributed by atoms with van der Waals surface area (Å²) in [7, 11) is 2.36. The molecule has 3 nitrogen and oxygen atoms in total. The molecule has 1 rings (SSSR count). The molecule has 0 fully saturated rings. The molecular weight excluding hydrogens is 232 g/mol. The van der Waals surface area contributed by atoms with Crippen LogP contribution in [0.1, 0.15) is 30.5 Å². The summed E-state index contributed by atoms with van der Waals surface area (Å²) in [6.45, 7) is 4.24. The van der Waals surface area contributed by atoms with E-state index in [0.29, 0.717) is 0 Å². The van der Waals surface area contributed by atoms with Crippen LogP contribution in [-0.2, 0) is 19.7 Å². The molecule has 0 aliphatic rings. The van der Waals surface area contributed by atoms with Gasteiger partial charge in [-0.3, -0.25) is 0 Å². The van der Waals surface area contributed by atoms with Gasteiger partial charge in [0, 0.05) is 21.3 Å². The van der Waals surface area contributed by atoms with Crippen molar-refractivity contribution in [3.8, 4) is 0 Å². The SMILES string of the molecule is CCc1ccc(C(C)[Si](OC)(OC)OC)cc1. The van der Waals surface area contributed by atoms with Crippen LogP contribution in [0.2, 0.25) is 0 Å². The highest BCUT2D eigenvalue weighted by molar-refractivity contribution is 6.62. The summed E-state index contributed by atoms with van der Waals surface area (Å²) in [6, 6.07) is 8.54. The molecule has 1 aromatic carbocycles. The van der Waals surface area contributed by atoms with E-state index in [0.717, 1.165) is 6.42 Å². The van der Waals surface area contributed by atoms with Gasteiger partial charge in [0.25, 0.3) is 0 Å². The van der Waals surface area contributed by atoms with Gasteiger partial charge in [0.05, 0.1) is 5.54 Å². The molecule has 1 atom stereocenters. The summed E-state index contributed by atoms with van der Waals surface area (Å²) in [6.07, 6.45) is 1.05. The van der Waals surface area contributed by atoms with Gasteiger partial charge < -0.3 is 13.3 Å². The van der Waals surface area contributed by atoms with Crippen molar-refractivity contribution >= 4 is 8.80 Å². The van der Waals surface area contributed by atoms with Crippen molar-refractivity contribution in [3.63, 3.8) is 0 Å². The highest BCUT2D eigenvalue weighted by Gasteiger charge is 2.45. The molecule has 0 saturated carbocycles. The Bertz CT molecular complexity index is 325. The zero-order chi connectivity index (χ0) is 12.9. The smallest absolute Gasteiger partial charge is 0.376 e. The van der Waals surface area contributed by atoms with E-state index in [9.17, 15) is 0 Å². The number of benzene rings is 1. The highest BCUT2D eigenvalue weighted by atomic mass is 28.4. The zero-order valence-corrected chi connectivity index (χ0v) is 12.3. The van der Waals surface area contributed by atoms with E-state index in [2.05, 4.69) is 38.1 Å². The Labute approximate surface area is 105 Å². The summed E-state index contributed by atoms with van der Waals surface area (Å²) in [4.78, 5) is 0. The Kier molecular flexibility index (Phi) is 5.33. The minimum atomic E-state index is -2.59. The Morgan fingerprint density at radius 3 is 1.82 bits per heavy atom. The van der Waals surface area contributed by atoms with Crippen LogP contribution >= 0.6 is 0 Å². The largest absolute Gasteiger partial charge is 0.507 e. The molecule has 0 bridgehead atoms. The standard InChI is InChI=1S/C13H22O3Si/c1-6-12-7-9-13(10-8-12)11(2)17(14-3,15-4)16-5/h7-11H,6H2,1-5H3. The van der Waals surface area contributed by atoms with Gasteiger partial charge in [0.15, 0.2) is 0 Å². The van der Waals surface area contributed by atoms with Crippen LogP contribution in [0.25, 0.3) is 0 Å². The van der Waals surface area contributed by atoms with Crippen molar-refractivity contribution in [2.45, 2.75) is 25.8 Å². The fourth-order valence-corrected chi connectivity index (χ4v) is 4.19. The second-order valence-electron chi connectivity index (χ2n) is 4.03. The van der Waals surface area contributed by atoms with Crippen LogP contribution in [0, 0.1) is 0 Å². The molecule has 96 valence electrons. The summed E-state index contributed by atoms with van der Waals surface area (Å²) in [5, 5.41) is 0. The molecule has 0 saturated heterocycles. The minimum absolute atomic E-state index is 0.133. The van der Waals surface area contributed by atoms with Gasteiger partial charge >= 0.3 is 8.80 Å². The molecular formula is C13H22O3Si. The first-order chi connectivity index (χ1) is 8.13. The van der Waals surface area contributed by atoms with Gasteiger partial charge in [-0.15, -0.1) is 0 Å². The fourth-order valence-electron chi connectivity index (χ4n) is 2.03. The highest BCUT2D eigenvalue weighted by Crippen LogP contribution is 2.28. The van der Waals surface area contributed by atoms with Crippen LogP contribution in [0.3, 0.4) is 0 Å². The lowest BCUT2D eigenvalue weighted by atomic mass is 10.1. The van der Waals surface area contributed by atoms with Crippen LogP contribution in [0.15, 0.2) is 24.3 Å². The molecule has 0 amide bonds. The molecule has 4 heteroatoms. The quantitative estimate of drug-likeness (QED) is 0.731. The Balaban J connectivity index is 2.96. The van der Waals surface area contributed by atoms with Crippen LogP contribution in [0.4, 0.5) is 0 Å². The average molecular weight is 254 g/mol. The van der Waals surface area contributed by atoms with Crippen LogP contribution < -0.4 is 0 Å². The number of hydrogen-bond donors (Lipinski definition) is 0. The second kappa shape index (κ2) is 6.30. The lowest BCUT2D eigenvalue weighted by Gasteiger charge is -2.30. The summed E-state index contributed by atoms with van der Waals surface area (Å²) in [5.74, 6) is 0. The Morgan fingerprint density at radius 1 is 1.00 bits per heavy atom.